The van der Waals surface area contributed by atoms with Crippen molar-refractivity contribution in [3.05, 3.63) is 98.4 Å². The lowest BCUT2D eigenvalue weighted by molar-refractivity contribution is -0.136. The van der Waals surface area contributed by atoms with E-state index in [0.29, 0.717) is 22.8 Å². The Morgan fingerprint density at radius 2 is 1.57 bits per heavy atom. The third-order valence-electron chi connectivity index (χ3n) is 6.46. The summed E-state index contributed by atoms with van der Waals surface area (Å²) in [5, 5.41) is 0. The number of nitrogens with zero attached hydrogens (tertiary/aromatic N) is 2. The van der Waals surface area contributed by atoms with Crippen molar-refractivity contribution in [3.8, 4) is 5.69 Å². The molecular weight excluding hydrogens is 504 g/mol. The zero-order chi connectivity index (χ0) is 25.4. The van der Waals surface area contributed by atoms with E-state index in [9.17, 15) is 9.59 Å². The first-order valence-electron chi connectivity index (χ1n) is 11.5. The van der Waals surface area contributed by atoms with Crippen LogP contribution in [-0.2, 0) is 14.3 Å². The number of aryl methyl sites for hydroxylation is 1. The molecule has 0 saturated carbocycles. The van der Waals surface area contributed by atoms with Crippen LogP contribution in [0.15, 0.2) is 75.9 Å². The molecule has 35 heavy (non-hydrogen) atoms. The largest absolute Gasteiger partial charge is 0.465 e. The van der Waals surface area contributed by atoms with Crippen LogP contribution in [0, 0.1) is 13.8 Å². The van der Waals surface area contributed by atoms with E-state index in [-0.39, 0.29) is 5.91 Å². The van der Waals surface area contributed by atoms with Gasteiger partial charge in [0.2, 0.25) is 0 Å². The number of anilines is 1. The van der Waals surface area contributed by atoms with E-state index in [2.05, 4.69) is 34.3 Å². The predicted molar refractivity (Wildman–Crippen MR) is 144 cm³/mol. The molecule has 4 rings (SSSR count). The van der Waals surface area contributed by atoms with E-state index in [4.69, 9.17) is 4.74 Å². The summed E-state index contributed by atoms with van der Waals surface area (Å²) in [4.78, 5) is 28.1. The van der Waals surface area contributed by atoms with E-state index >= 15 is 0 Å². The molecule has 0 radical (unpaired) electrons. The van der Waals surface area contributed by atoms with Crippen LogP contribution in [0.3, 0.4) is 0 Å². The van der Waals surface area contributed by atoms with Crippen molar-refractivity contribution in [2.24, 2.45) is 0 Å². The fraction of sp³-hybridized carbons (Fsp3) is 0.241. The Balaban J connectivity index is 1.81. The fourth-order valence-corrected chi connectivity index (χ4v) is 4.84. The van der Waals surface area contributed by atoms with Gasteiger partial charge in [0.25, 0.3) is 5.91 Å². The second-order valence-corrected chi connectivity index (χ2v) is 9.95. The number of carbonyl (C=O) groups excluding carboxylic acids is 2. The summed E-state index contributed by atoms with van der Waals surface area (Å²) in [6, 6.07) is 18.0. The molecule has 2 aromatic carbocycles. The molecule has 0 unspecified atom stereocenters. The Morgan fingerprint density at radius 3 is 2.14 bits per heavy atom. The predicted octanol–water partition coefficient (Wildman–Crippen LogP) is 6.86. The number of aromatic nitrogens is 1. The molecule has 0 saturated heterocycles. The maximum atomic E-state index is 13.7. The molecule has 2 heterocycles. The molecule has 6 heteroatoms. The van der Waals surface area contributed by atoms with Crippen LogP contribution in [0.2, 0.25) is 0 Å². The highest BCUT2D eigenvalue weighted by Gasteiger charge is 2.38. The number of carbonyl (C=O) groups is 2. The van der Waals surface area contributed by atoms with Crippen LogP contribution in [0.5, 0.6) is 0 Å². The first kappa shape index (κ1) is 24.7. The Morgan fingerprint density at radius 1 is 0.971 bits per heavy atom. The molecule has 1 amide bonds. The second-order valence-electron chi connectivity index (χ2n) is 9.04. The average molecular weight is 533 g/mol. The number of ether oxygens (including phenoxy) is 1. The fourth-order valence-electron chi connectivity index (χ4n) is 4.58. The normalized spacial score (nSPS) is 15.0. The minimum atomic E-state index is -0.523. The monoisotopic (exact) mass is 532 g/mol. The van der Waals surface area contributed by atoms with Crippen LogP contribution in [0.25, 0.3) is 11.8 Å². The summed E-state index contributed by atoms with van der Waals surface area (Å²) < 4.78 is 8.21. The molecule has 1 aromatic heterocycles. The molecule has 0 N–H and O–H groups in total. The number of esters is 1. The van der Waals surface area contributed by atoms with E-state index in [1.54, 1.807) is 17.9 Å². The highest BCUT2D eigenvalue weighted by molar-refractivity contribution is 9.10. The Hall–Kier alpha value is -3.38. The van der Waals surface area contributed by atoms with Crippen molar-refractivity contribution in [2.45, 2.75) is 40.5 Å². The second kappa shape index (κ2) is 9.70. The average Bonchev–Trinajstić information content (AvgIpc) is 3.25. The lowest BCUT2D eigenvalue weighted by Gasteiger charge is -2.19. The highest BCUT2D eigenvalue weighted by Crippen LogP contribution is 2.37. The van der Waals surface area contributed by atoms with Crippen LogP contribution in [0.1, 0.15) is 49.2 Å². The Labute approximate surface area is 214 Å². The summed E-state index contributed by atoms with van der Waals surface area (Å²) in [5.74, 6) is -0.379. The number of allylic oxidation sites excluding steroid dienone is 1. The topological polar surface area (TPSA) is 51.5 Å². The van der Waals surface area contributed by atoms with Gasteiger partial charge in [-0.25, -0.2) is 4.79 Å². The van der Waals surface area contributed by atoms with Crippen molar-refractivity contribution in [2.75, 3.05) is 12.0 Å². The van der Waals surface area contributed by atoms with Crippen LogP contribution < -0.4 is 4.90 Å². The molecular formula is C29H29BrN2O3. The lowest BCUT2D eigenvalue weighted by Crippen LogP contribution is -2.24. The summed E-state index contributed by atoms with van der Waals surface area (Å²) in [6.07, 6.45) is 1.80. The van der Waals surface area contributed by atoms with Gasteiger partial charge in [0, 0.05) is 32.9 Å². The molecule has 0 atom stereocenters. The van der Waals surface area contributed by atoms with Gasteiger partial charge < -0.3 is 9.30 Å². The maximum Gasteiger partial charge on any atom is 0.340 e. The van der Waals surface area contributed by atoms with Crippen LogP contribution in [0.4, 0.5) is 5.69 Å². The van der Waals surface area contributed by atoms with Gasteiger partial charge in [-0.05, 0) is 86.4 Å². The molecule has 0 spiro atoms. The lowest BCUT2D eigenvalue weighted by atomic mass is 10.0. The van der Waals surface area contributed by atoms with Crippen molar-refractivity contribution < 1.29 is 14.3 Å². The summed E-state index contributed by atoms with van der Waals surface area (Å²) in [6.45, 7) is 10.1. The van der Waals surface area contributed by atoms with E-state index in [1.165, 1.54) is 12.7 Å². The summed E-state index contributed by atoms with van der Waals surface area (Å²) in [5.41, 5.74) is 7.00. The third kappa shape index (κ3) is 4.50. The maximum absolute atomic E-state index is 13.7. The minimum absolute atomic E-state index is 0.242. The van der Waals surface area contributed by atoms with Gasteiger partial charge in [-0.3, -0.25) is 9.69 Å². The Bertz CT molecular complexity index is 1360. The van der Waals surface area contributed by atoms with E-state index in [0.717, 1.165) is 32.8 Å². The number of halogens is 1. The zero-order valence-corrected chi connectivity index (χ0v) is 22.4. The number of rotatable bonds is 5. The molecule has 1 aliphatic heterocycles. The van der Waals surface area contributed by atoms with Gasteiger partial charge in [0.05, 0.1) is 18.3 Å². The zero-order valence-electron chi connectivity index (χ0n) is 20.8. The van der Waals surface area contributed by atoms with Gasteiger partial charge in [-0.1, -0.05) is 41.9 Å². The number of amides is 1. The first-order valence-corrected chi connectivity index (χ1v) is 12.3. The van der Waals surface area contributed by atoms with Crippen LogP contribution in [-0.4, -0.2) is 23.6 Å². The van der Waals surface area contributed by atoms with E-state index < -0.39 is 5.97 Å². The van der Waals surface area contributed by atoms with Crippen molar-refractivity contribution in [3.63, 3.8) is 0 Å². The molecule has 3 aromatic rings. The number of hydrogen-bond donors (Lipinski definition) is 0. The summed E-state index contributed by atoms with van der Waals surface area (Å²) in [7, 11) is 1.34. The number of benzene rings is 2. The molecule has 0 fully saturated rings. The first-order chi connectivity index (χ1) is 16.6. The Kier molecular flexibility index (Phi) is 6.86. The molecule has 5 nitrogen and oxygen atoms in total. The van der Waals surface area contributed by atoms with Crippen molar-refractivity contribution in [1.29, 1.82) is 0 Å². The van der Waals surface area contributed by atoms with Gasteiger partial charge in [-0.15, -0.1) is 0 Å². The SMILES string of the molecule is COC(=O)C1=C(C)N(c2ccc(C(C)C)cc2)C(=O)/C1=C\c1cc(C)n(-c2ccc(Br)cc2)c1C. The standard InChI is InChI=1S/C29H29BrN2O3/c1-17(2)21-7-11-25(12-8-21)32-20(5)27(29(34)35-6)26(28(32)33)16-22-15-18(3)31(19(22)4)24-13-9-23(30)10-14-24/h7-17H,1-6H3/b26-16-. The molecule has 180 valence electrons. The van der Waals surface area contributed by atoms with Gasteiger partial charge in [0.1, 0.15) is 0 Å². The molecule has 0 bridgehead atoms. The highest BCUT2D eigenvalue weighted by atomic mass is 79.9. The smallest absolute Gasteiger partial charge is 0.340 e. The van der Waals surface area contributed by atoms with Crippen LogP contribution >= 0.6 is 15.9 Å². The summed E-state index contributed by atoms with van der Waals surface area (Å²) >= 11 is 3.48. The van der Waals surface area contributed by atoms with Gasteiger partial charge in [0.15, 0.2) is 0 Å². The molecule has 1 aliphatic rings. The van der Waals surface area contributed by atoms with E-state index in [1.807, 2.05) is 68.4 Å². The minimum Gasteiger partial charge on any atom is -0.465 e. The third-order valence-corrected chi connectivity index (χ3v) is 6.99. The molecule has 0 aliphatic carbocycles. The van der Waals surface area contributed by atoms with Crippen molar-refractivity contribution >= 4 is 39.6 Å². The van der Waals surface area contributed by atoms with Gasteiger partial charge in [-0.2, -0.15) is 0 Å². The van der Waals surface area contributed by atoms with Crippen molar-refractivity contribution in [1.82, 2.24) is 4.57 Å². The number of methoxy groups -OCH3 is 1. The number of hydrogen-bond acceptors (Lipinski definition) is 3. The van der Waals surface area contributed by atoms with Gasteiger partial charge >= 0.3 is 5.97 Å². The quantitative estimate of drug-likeness (QED) is 0.266.